The molecule has 4 nitrogen and oxygen atoms in total. The number of carbonyl (C=O) groups excluding carboxylic acids is 1. The van der Waals surface area contributed by atoms with Gasteiger partial charge in [0.2, 0.25) is 0 Å². The van der Waals surface area contributed by atoms with Crippen molar-refractivity contribution in [2.24, 2.45) is 58.2 Å². The third-order valence-corrected chi connectivity index (χ3v) is 13.5. The van der Waals surface area contributed by atoms with Crippen molar-refractivity contribution in [2.75, 3.05) is 13.7 Å². The van der Waals surface area contributed by atoms with E-state index in [4.69, 9.17) is 9.47 Å². The Morgan fingerprint density at radius 2 is 1.74 bits per heavy atom. The minimum absolute atomic E-state index is 0.0829. The van der Waals surface area contributed by atoms with Crippen LogP contribution in [-0.4, -0.2) is 24.8 Å². The molecule has 0 aliphatic heterocycles. The van der Waals surface area contributed by atoms with Gasteiger partial charge in [-0.25, -0.2) is 4.79 Å². The van der Waals surface area contributed by atoms with Crippen LogP contribution in [0.3, 0.4) is 0 Å². The van der Waals surface area contributed by atoms with Crippen LogP contribution in [0, 0.1) is 58.2 Å². The van der Waals surface area contributed by atoms with Gasteiger partial charge in [0.05, 0.1) is 13.7 Å². The number of ether oxygens (including phenoxy) is 2. The topological polar surface area (TPSA) is 55.8 Å². The van der Waals surface area contributed by atoms with E-state index in [0.717, 1.165) is 41.1 Å². The first kappa shape index (κ1) is 31.5. The van der Waals surface area contributed by atoms with Crippen molar-refractivity contribution < 1.29 is 19.4 Å². The van der Waals surface area contributed by atoms with E-state index in [1.54, 1.807) is 24.3 Å². The van der Waals surface area contributed by atoms with Gasteiger partial charge in [-0.2, -0.15) is 0 Å². The summed E-state index contributed by atoms with van der Waals surface area (Å²) in [5.41, 5.74) is 1.96. The lowest BCUT2D eigenvalue weighted by molar-refractivity contribution is -0.139. The highest BCUT2D eigenvalue weighted by atomic mass is 16.5. The summed E-state index contributed by atoms with van der Waals surface area (Å²) in [5, 5.41) is 9.76. The van der Waals surface area contributed by atoms with Crippen LogP contribution in [0.5, 0.6) is 11.5 Å². The lowest BCUT2D eigenvalue weighted by Crippen LogP contribution is -2.53. The summed E-state index contributed by atoms with van der Waals surface area (Å²) in [7, 11) is 1.51. The summed E-state index contributed by atoms with van der Waals surface area (Å²) in [6.07, 6.45) is 20.5. The normalized spacial score (nSPS) is 36.4. The third-order valence-electron chi connectivity index (χ3n) is 13.5. The highest BCUT2D eigenvalue weighted by Crippen LogP contribution is 2.68. The van der Waals surface area contributed by atoms with E-state index in [1.165, 1.54) is 90.2 Å². The van der Waals surface area contributed by atoms with Gasteiger partial charge in [-0.1, -0.05) is 66.4 Å². The first-order valence-electron chi connectivity index (χ1n) is 17.3. The molecule has 1 aromatic carbocycles. The van der Waals surface area contributed by atoms with E-state index in [-0.39, 0.29) is 11.7 Å². The van der Waals surface area contributed by atoms with Crippen LogP contribution >= 0.6 is 0 Å². The molecule has 10 atom stereocenters. The number of aromatic hydroxyl groups is 1. The molecule has 4 saturated carbocycles. The number of fused-ring (bicyclic) bond motifs is 5. The Hall–Kier alpha value is -1.97. The molecule has 5 rings (SSSR count). The molecular formula is C38H58O4. The van der Waals surface area contributed by atoms with Crippen LogP contribution < -0.4 is 4.74 Å². The number of methoxy groups -OCH3 is 1. The molecular weight excluding hydrogens is 520 g/mol. The largest absolute Gasteiger partial charge is 0.504 e. The number of hydrogen-bond donors (Lipinski definition) is 1. The maximum Gasteiger partial charge on any atom is 0.330 e. The van der Waals surface area contributed by atoms with E-state index in [0.29, 0.717) is 35.0 Å². The SMILES string of the molecule is COc1cc(/C=C/C(=O)OCC(C)[C@H](C)CC[C@@H](C)[C@H]2CC[C@H]3[C@@H]4CCC5CCCC[C@]5(C)[C@H]4CC[C@]23C)ccc1O. The van der Waals surface area contributed by atoms with Crippen LogP contribution in [0.15, 0.2) is 24.3 Å². The van der Waals surface area contributed by atoms with Crippen LogP contribution in [0.25, 0.3) is 6.08 Å². The number of esters is 1. The summed E-state index contributed by atoms with van der Waals surface area (Å²) in [5.74, 6) is 6.56. The van der Waals surface area contributed by atoms with Crippen molar-refractivity contribution in [2.45, 2.75) is 112 Å². The Balaban J connectivity index is 1.09. The van der Waals surface area contributed by atoms with E-state index in [1.807, 2.05) is 0 Å². The number of hydrogen-bond acceptors (Lipinski definition) is 4. The smallest absolute Gasteiger partial charge is 0.330 e. The minimum atomic E-state index is -0.328. The minimum Gasteiger partial charge on any atom is -0.504 e. The second-order valence-electron chi connectivity index (χ2n) is 15.5. The molecule has 2 unspecified atom stereocenters. The highest BCUT2D eigenvalue weighted by Gasteiger charge is 2.60. The van der Waals surface area contributed by atoms with Gasteiger partial charge >= 0.3 is 5.97 Å². The molecule has 1 aromatic rings. The summed E-state index contributed by atoms with van der Waals surface area (Å²) in [4.78, 5) is 12.4. The molecule has 0 radical (unpaired) electrons. The molecule has 0 aromatic heterocycles. The Morgan fingerprint density at radius 3 is 2.52 bits per heavy atom. The van der Waals surface area contributed by atoms with E-state index in [9.17, 15) is 9.90 Å². The molecule has 42 heavy (non-hydrogen) atoms. The van der Waals surface area contributed by atoms with Gasteiger partial charge < -0.3 is 14.6 Å². The van der Waals surface area contributed by atoms with Crippen molar-refractivity contribution in [3.05, 3.63) is 29.8 Å². The Kier molecular flexibility index (Phi) is 9.70. The van der Waals surface area contributed by atoms with Crippen molar-refractivity contribution in [3.8, 4) is 11.5 Å². The summed E-state index contributed by atoms with van der Waals surface area (Å²) >= 11 is 0. The fraction of sp³-hybridized carbons (Fsp3) is 0.763. The summed E-state index contributed by atoms with van der Waals surface area (Å²) < 4.78 is 10.8. The van der Waals surface area contributed by atoms with Gasteiger partial charge in [-0.3, -0.25) is 0 Å². The molecule has 0 saturated heterocycles. The Morgan fingerprint density at radius 1 is 0.952 bits per heavy atom. The van der Waals surface area contributed by atoms with Crippen molar-refractivity contribution in [1.29, 1.82) is 0 Å². The first-order valence-corrected chi connectivity index (χ1v) is 17.3. The average molecular weight is 579 g/mol. The maximum absolute atomic E-state index is 12.4. The summed E-state index contributed by atoms with van der Waals surface area (Å²) in [6.45, 7) is 12.9. The van der Waals surface area contributed by atoms with Gasteiger partial charge in [0.25, 0.3) is 0 Å². The average Bonchev–Trinajstić information content (AvgIpc) is 3.35. The van der Waals surface area contributed by atoms with E-state index >= 15 is 0 Å². The highest BCUT2D eigenvalue weighted by molar-refractivity contribution is 5.87. The molecule has 234 valence electrons. The number of benzene rings is 1. The van der Waals surface area contributed by atoms with Gasteiger partial charge in [0, 0.05) is 6.08 Å². The van der Waals surface area contributed by atoms with Gasteiger partial charge in [0.15, 0.2) is 11.5 Å². The van der Waals surface area contributed by atoms with Crippen molar-refractivity contribution in [1.82, 2.24) is 0 Å². The van der Waals surface area contributed by atoms with Crippen molar-refractivity contribution in [3.63, 3.8) is 0 Å². The third kappa shape index (κ3) is 6.16. The molecule has 4 fully saturated rings. The second kappa shape index (κ2) is 12.9. The lowest BCUT2D eigenvalue weighted by atomic mass is 9.44. The van der Waals surface area contributed by atoms with Crippen LogP contribution in [0.2, 0.25) is 0 Å². The standard InChI is InChI=1S/C38H58O4/c1-25(27(3)24-42-36(40)19-13-28-12-18-34(39)35(23-28)41-6)10-11-26(2)31-16-17-32-30-15-14-29-9-7-8-21-37(29,4)33(30)20-22-38(31,32)5/h12-13,18-19,23,25-27,29-33,39H,7-11,14-17,20-22,24H2,1-6H3/b19-13+/t25-,26-,27?,29?,30+,31-,32+,33+,37+,38-/m1/s1. The van der Waals surface area contributed by atoms with Crippen molar-refractivity contribution >= 4 is 12.0 Å². The van der Waals surface area contributed by atoms with Crippen LogP contribution in [-0.2, 0) is 9.53 Å². The molecule has 0 spiro atoms. The predicted octanol–water partition coefficient (Wildman–Crippen LogP) is 9.69. The van der Waals surface area contributed by atoms with Gasteiger partial charge in [0.1, 0.15) is 0 Å². The zero-order valence-electron chi connectivity index (χ0n) is 27.4. The number of phenolic OH excluding ortho intramolecular Hbond substituents is 1. The Bertz CT molecular complexity index is 1110. The lowest BCUT2D eigenvalue weighted by Gasteiger charge is -2.61. The maximum atomic E-state index is 12.4. The van der Waals surface area contributed by atoms with Crippen LogP contribution in [0.1, 0.15) is 117 Å². The predicted molar refractivity (Wildman–Crippen MR) is 171 cm³/mol. The molecule has 0 bridgehead atoms. The van der Waals surface area contributed by atoms with Gasteiger partial charge in [-0.15, -0.1) is 0 Å². The molecule has 1 N–H and O–H groups in total. The molecule has 0 amide bonds. The van der Waals surface area contributed by atoms with E-state index < -0.39 is 0 Å². The molecule has 0 heterocycles. The van der Waals surface area contributed by atoms with E-state index in [2.05, 4.69) is 34.6 Å². The monoisotopic (exact) mass is 578 g/mol. The van der Waals surface area contributed by atoms with Gasteiger partial charge in [-0.05, 0) is 133 Å². The molecule has 4 aliphatic rings. The van der Waals surface area contributed by atoms with Crippen LogP contribution in [0.4, 0.5) is 0 Å². The zero-order valence-corrected chi connectivity index (χ0v) is 27.4. The number of rotatable bonds is 10. The number of phenols is 1. The zero-order chi connectivity index (χ0) is 30.1. The fourth-order valence-corrected chi connectivity index (χ4v) is 10.7. The number of carbonyl (C=O) groups is 1. The molecule has 4 heteroatoms. The first-order chi connectivity index (χ1) is 20.1. The summed E-state index contributed by atoms with van der Waals surface area (Å²) in [6, 6.07) is 5.01. The second-order valence-corrected chi connectivity index (χ2v) is 15.5. The molecule has 4 aliphatic carbocycles. The quantitative estimate of drug-likeness (QED) is 0.222. The Labute approximate surface area is 256 Å². The fourth-order valence-electron chi connectivity index (χ4n) is 10.7.